The molecule has 1 heterocycles. The molecule has 0 spiro atoms. The van der Waals surface area contributed by atoms with Gasteiger partial charge in [-0.15, -0.1) is 0 Å². The van der Waals surface area contributed by atoms with Gasteiger partial charge in [0, 0.05) is 44.9 Å². The molecule has 1 saturated heterocycles. The molecule has 1 aliphatic rings. The maximum atomic E-state index is 12.6. The van der Waals surface area contributed by atoms with Crippen LogP contribution >= 0.6 is 0 Å². The summed E-state index contributed by atoms with van der Waals surface area (Å²) in [4.78, 5) is 27.1. The highest BCUT2D eigenvalue weighted by Gasteiger charge is 2.19. The minimum Gasteiger partial charge on any atom is -0.341 e. The van der Waals surface area contributed by atoms with Gasteiger partial charge in [0.25, 0.3) is 5.69 Å². The Kier molecular flexibility index (Phi) is 6.35. The summed E-state index contributed by atoms with van der Waals surface area (Å²) < 4.78 is 0. The topological polar surface area (TPSA) is 90.5 Å². The van der Waals surface area contributed by atoms with E-state index in [0.29, 0.717) is 12.1 Å². The molecule has 2 aromatic rings. The van der Waals surface area contributed by atoms with Crippen molar-refractivity contribution < 1.29 is 9.72 Å². The molecule has 0 radical (unpaired) electrons. The zero-order valence-electron chi connectivity index (χ0n) is 15.6. The number of carbonyl (C=O) groups excluding carboxylic acids is 1. The fraction of sp³-hybridized carbons (Fsp3) is 0.333. The van der Waals surface area contributed by atoms with Crippen LogP contribution in [0.2, 0.25) is 0 Å². The van der Waals surface area contributed by atoms with E-state index in [1.807, 2.05) is 29.2 Å². The molecule has 1 fully saturated rings. The largest absolute Gasteiger partial charge is 0.341 e. The molecule has 1 aliphatic heterocycles. The number of hydrogen-bond donors (Lipinski definition) is 0. The van der Waals surface area contributed by atoms with Gasteiger partial charge in [-0.25, -0.2) is 0 Å². The number of amides is 1. The quantitative estimate of drug-likeness (QED) is 0.589. The smallest absolute Gasteiger partial charge is 0.269 e. The molecule has 0 atom stereocenters. The summed E-state index contributed by atoms with van der Waals surface area (Å²) in [6.07, 6.45) is 1.16. The van der Waals surface area contributed by atoms with Crippen molar-refractivity contribution in [2.24, 2.45) is 0 Å². The molecule has 7 nitrogen and oxygen atoms in total. The second-order valence-corrected chi connectivity index (χ2v) is 6.92. The highest BCUT2D eigenvalue weighted by molar-refractivity contribution is 5.78. The zero-order chi connectivity index (χ0) is 19.9. The Morgan fingerprint density at radius 1 is 1.00 bits per heavy atom. The SMILES string of the molecule is N#Cc1ccc(CN2CCCN(C(=O)Cc3ccc([N+](=O)[O-])cc3)CC2)cc1. The molecular formula is C21H22N4O3. The number of non-ortho nitro benzene ring substituents is 1. The molecule has 7 heteroatoms. The van der Waals surface area contributed by atoms with E-state index in [2.05, 4.69) is 11.0 Å². The van der Waals surface area contributed by atoms with Crippen molar-refractivity contribution in [2.45, 2.75) is 19.4 Å². The second-order valence-electron chi connectivity index (χ2n) is 6.92. The van der Waals surface area contributed by atoms with Crippen LogP contribution in [-0.4, -0.2) is 46.8 Å². The third kappa shape index (κ3) is 5.15. The highest BCUT2D eigenvalue weighted by atomic mass is 16.6. The first-order chi connectivity index (χ1) is 13.5. The Hall–Kier alpha value is -3.24. The highest BCUT2D eigenvalue weighted by Crippen LogP contribution is 2.14. The van der Waals surface area contributed by atoms with Crippen molar-refractivity contribution in [3.63, 3.8) is 0 Å². The monoisotopic (exact) mass is 378 g/mol. The molecule has 2 aromatic carbocycles. The maximum Gasteiger partial charge on any atom is 0.269 e. The van der Waals surface area contributed by atoms with Crippen molar-refractivity contribution in [3.8, 4) is 6.07 Å². The maximum absolute atomic E-state index is 12.6. The molecule has 28 heavy (non-hydrogen) atoms. The van der Waals surface area contributed by atoms with Crippen molar-refractivity contribution in [1.29, 1.82) is 5.26 Å². The van der Waals surface area contributed by atoms with Crippen molar-refractivity contribution in [3.05, 3.63) is 75.3 Å². The number of nitrogens with zero attached hydrogens (tertiary/aromatic N) is 4. The lowest BCUT2D eigenvalue weighted by atomic mass is 10.1. The summed E-state index contributed by atoms with van der Waals surface area (Å²) in [6.45, 7) is 3.90. The number of nitriles is 1. The number of benzene rings is 2. The lowest BCUT2D eigenvalue weighted by Gasteiger charge is -2.22. The van der Waals surface area contributed by atoms with Gasteiger partial charge in [-0.05, 0) is 29.7 Å². The molecule has 1 amide bonds. The van der Waals surface area contributed by atoms with Gasteiger partial charge in [0.2, 0.25) is 5.91 Å². The molecule has 0 saturated carbocycles. The van der Waals surface area contributed by atoms with Crippen LogP contribution in [0.5, 0.6) is 0 Å². The van der Waals surface area contributed by atoms with Crippen molar-refractivity contribution in [2.75, 3.05) is 26.2 Å². The molecule has 0 bridgehead atoms. The van der Waals surface area contributed by atoms with Gasteiger partial charge < -0.3 is 4.90 Å². The van der Waals surface area contributed by atoms with Gasteiger partial charge >= 0.3 is 0 Å². The normalized spacial score (nSPS) is 14.9. The molecule has 3 rings (SSSR count). The minimum absolute atomic E-state index is 0.0319. The summed E-state index contributed by atoms with van der Waals surface area (Å²) in [7, 11) is 0. The average molecular weight is 378 g/mol. The van der Waals surface area contributed by atoms with Crippen LogP contribution in [0.4, 0.5) is 5.69 Å². The number of nitro benzene ring substituents is 1. The first kappa shape index (κ1) is 19.5. The van der Waals surface area contributed by atoms with E-state index in [9.17, 15) is 14.9 Å². The fourth-order valence-corrected chi connectivity index (χ4v) is 3.34. The Balaban J connectivity index is 1.53. The standard InChI is InChI=1S/C21H22N4O3/c22-15-18-2-4-19(5-3-18)16-23-10-1-11-24(13-12-23)21(26)14-17-6-8-20(9-7-17)25(27)28/h2-9H,1,10-14,16H2. The van der Waals surface area contributed by atoms with Crippen LogP contribution in [0, 0.1) is 21.4 Å². The van der Waals surface area contributed by atoms with E-state index < -0.39 is 4.92 Å². The molecule has 0 aromatic heterocycles. The summed E-state index contributed by atoms with van der Waals surface area (Å²) in [6, 6.07) is 15.9. The Morgan fingerprint density at radius 2 is 1.68 bits per heavy atom. The first-order valence-corrected chi connectivity index (χ1v) is 9.27. The van der Waals surface area contributed by atoms with E-state index in [0.717, 1.165) is 43.7 Å². The van der Waals surface area contributed by atoms with Gasteiger partial charge in [0.1, 0.15) is 0 Å². The van der Waals surface area contributed by atoms with E-state index >= 15 is 0 Å². The summed E-state index contributed by atoms with van der Waals surface area (Å²) in [5, 5.41) is 19.6. The van der Waals surface area contributed by atoms with E-state index in [1.165, 1.54) is 12.1 Å². The Labute approximate surface area is 163 Å². The van der Waals surface area contributed by atoms with E-state index in [-0.39, 0.29) is 18.0 Å². The van der Waals surface area contributed by atoms with Crippen LogP contribution in [0.3, 0.4) is 0 Å². The van der Waals surface area contributed by atoms with Crippen LogP contribution in [-0.2, 0) is 17.8 Å². The average Bonchev–Trinajstić information content (AvgIpc) is 2.94. The van der Waals surface area contributed by atoms with Crippen LogP contribution in [0.15, 0.2) is 48.5 Å². The molecule has 144 valence electrons. The molecule has 0 N–H and O–H groups in total. The summed E-state index contributed by atoms with van der Waals surface area (Å²) >= 11 is 0. The van der Waals surface area contributed by atoms with Gasteiger partial charge in [-0.3, -0.25) is 19.8 Å². The predicted molar refractivity (Wildman–Crippen MR) is 104 cm³/mol. The van der Waals surface area contributed by atoms with E-state index in [1.54, 1.807) is 12.1 Å². The first-order valence-electron chi connectivity index (χ1n) is 9.27. The van der Waals surface area contributed by atoms with Crippen molar-refractivity contribution >= 4 is 11.6 Å². The van der Waals surface area contributed by atoms with Gasteiger partial charge in [0.05, 0.1) is 23.0 Å². The number of rotatable bonds is 5. The molecule has 0 unspecified atom stereocenters. The summed E-state index contributed by atoms with van der Waals surface area (Å²) in [5.41, 5.74) is 2.63. The zero-order valence-corrected chi connectivity index (χ0v) is 15.6. The van der Waals surface area contributed by atoms with Crippen molar-refractivity contribution in [1.82, 2.24) is 9.80 Å². The molecular weight excluding hydrogens is 356 g/mol. The number of nitro groups is 1. The number of hydrogen-bond acceptors (Lipinski definition) is 5. The Morgan fingerprint density at radius 3 is 2.32 bits per heavy atom. The lowest BCUT2D eigenvalue weighted by molar-refractivity contribution is -0.384. The lowest BCUT2D eigenvalue weighted by Crippen LogP contribution is -2.36. The van der Waals surface area contributed by atoms with Crippen LogP contribution < -0.4 is 0 Å². The van der Waals surface area contributed by atoms with Gasteiger partial charge in [-0.2, -0.15) is 5.26 Å². The second kappa shape index (κ2) is 9.11. The third-order valence-corrected chi connectivity index (χ3v) is 4.93. The minimum atomic E-state index is -0.442. The van der Waals surface area contributed by atoms with Crippen LogP contribution in [0.25, 0.3) is 0 Å². The molecule has 0 aliphatic carbocycles. The summed E-state index contributed by atoms with van der Waals surface area (Å²) in [5.74, 6) is 0.0501. The predicted octanol–water partition coefficient (Wildman–Crippen LogP) is 2.74. The third-order valence-electron chi connectivity index (χ3n) is 4.93. The van der Waals surface area contributed by atoms with Gasteiger partial charge in [0.15, 0.2) is 0 Å². The number of carbonyl (C=O) groups is 1. The van der Waals surface area contributed by atoms with Gasteiger partial charge in [-0.1, -0.05) is 24.3 Å². The van der Waals surface area contributed by atoms with Crippen LogP contribution in [0.1, 0.15) is 23.1 Å². The van der Waals surface area contributed by atoms with E-state index in [4.69, 9.17) is 5.26 Å². The fourth-order valence-electron chi connectivity index (χ4n) is 3.34. The Bertz CT molecular complexity index is 872.